The Labute approximate surface area is 203 Å². The minimum Gasteiger partial charge on any atom is -0.467 e. The van der Waals surface area contributed by atoms with Gasteiger partial charge >= 0.3 is 0 Å². The fourth-order valence-corrected chi connectivity index (χ4v) is 5.35. The van der Waals surface area contributed by atoms with Gasteiger partial charge in [-0.1, -0.05) is 41.4 Å². The lowest BCUT2D eigenvalue weighted by Gasteiger charge is -2.56. The van der Waals surface area contributed by atoms with Crippen LogP contribution in [0.3, 0.4) is 0 Å². The van der Waals surface area contributed by atoms with Crippen LogP contribution in [0.4, 0.5) is 11.4 Å². The van der Waals surface area contributed by atoms with Gasteiger partial charge in [0, 0.05) is 22.0 Å². The third-order valence-electron chi connectivity index (χ3n) is 6.31. The van der Waals surface area contributed by atoms with Crippen molar-refractivity contribution in [2.45, 2.75) is 32.5 Å². The highest BCUT2D eigenvalue weighted by molar-refractivity contribution is 7.80. The minimum atomic E-state index is -1.04. The Bertz CT molecular complexity index is 1260. The van der Waals surface area contributed by atoms with Crippen LogP contribution in [0, 0.1) is 19.8 Å². The number of ether oxygens (including phenoxy) is 1. The molecule has 33 heavy (non-hydrogen) atoms. The van der Waals surface area contributed by atoms with Crippen LogP contribution in [0.5, 0.6) is 5.75 Å². The van der Waals surface area contributed by atoms with Crippen molar-refractivity contribution >= 4 is 46.2 Å². The number of carbonyl (C=O) groups excluding carboxylic acids is 1. The number of rotatable bonds is 3. The molecule has 5 nitrogen and oxygen atoms in total. The quantitative estimate of drug-likeness (QED) is 0.470. The molecule has 2 aliphatic heterocycles. The first-order valence-corrected chi connectivity index (χ1v) is 11.6. The number of hydrogen-bond donors (Lipinski definition) is 2. The van der Waals surface area contributed by atoms with Crippen LogP contribution in [0.2, 0.25) is 5.02 Å². The Morgan fingerprint density at radius 3 is 2.55 bits per heavy atom. The molecule has 7 heteroatoms. The summed E-state index contributed by atoms with van der Waals surface area (Å²) in [6.45, 7) is 5.99. The molecular formula is C26H24ClN3O2S. The lowest BCUT2D eigenvalue weighted by molar-refractivity contribution is -0.130. The summed E-state index contributed by atoms with van der Waals surface area (Å²) in [5, 5.41) is 7.63. The first-order chi connectivity index (χ1) is 15.8. The fourth-order valence-electron chi connectivity index (χ4n) is 4.81. The summed E-state index contributed by atoms with van der Waals surface area (Å²) < 4.78 is 6.63. The van der Waals surface area contributed by atoms with E-state index in [1.807, 2.05) is 62.1 Å². The van der Waals surface area contributed by atoms with Gasteiger partial charge in [0.1, 0.15) is 11.7 Å². The van der Waals surface area contributed by atoms with Crippen molar-refractivity contribution in [3.8, 4) is 5.75 Å². The van der Waals surface area contributed by atoms with E-state index in [-0.39, 0.29) is 11.9 Å². The Balaban J connectivity index is 1.63. The Kier molecular flexibility index (Phi) is 5.30. The summed E-state index contributed by atoms with van der Waals surface area (Å²) in [7, 11) is 0. The standard InChI is InChI=1S/C26H24ClN3O2S/c1-15-5-4-6-19(13-15)30-25(33)29-23-20-14-16(2)7-12-21(20)32-26(30,3)22(23)24(31)28-18-10-8-17(27)9-11-18/h4-14,22-23H,1-3H3,(H,28,31)(H,29,33)/t22-,23+,26+/m1/s1. The van der Waals surface area contributed by atoms with E-state index in [0.717, 1.165) is 28.1 Å². The maximum absolute atomic E-state index is 13.8. The second-order valence-electron chi connectivity index (χ2n) is 8.77. The first kappa shape index (κ1) is 21.7. The summed E-state index contributed by atoms with van der Waals surface area (Å²) in [4.78, 5) is 15.7. The van der Waals surface area contributed by atoms with Crippen LogP contribution in [0.15, 0.2) is 66.7 Å². The predicted molar refractivity (Wildman–Crippen MR) is 136 cm³/mol. The van der Waals surface area contributed by atoms with Gasteiger partial charge in [-0.05, 0) is 81.0 Å². The number of benzene rings is 3. The van der Waals surface area contributed by atoms with Crippen LogP contribution in [0.1, 0.15) is 29.7 Å². The number of fused-ring (bicyclic) bond motifs is 4. The summed E-state index contributed by atoms with van der Waals surface area (Å²) in [6, 6.07) is 20.8. The number of aryl methyl sites for hydroxylation is 2. The number of anilines is 2. The molecule has 1 fully saturated rings. The number of hydrogen-bond acceptors (Lipinski definition) is 3. The second-order valence-corrected chi connectivity index (χ2v) is 9.60. The van der Waals surface area contributed by atoms with E-state index in [1.54, 1.807) is 24.3 Å². The van der Waals surface area contributed by atoms with Gasteiger partial charge in [-0.25, -0.2) is 0 Å². The molecule has 2 N–H and O–H groups in total. The molecule has 3 aromatic carbocycles. The number of carbonyl (C=O) groups is 1. The van der Waals surface area contributed by atoms with Crippen LogP contribution in [-0.2, 0) is 4.79 Å². The van der Waals surface area contributed by atoms with Gasteiger partial charge < -0.3 is 15.4 Å². The number of amides is 1. The normalized spacial score (nSPS) is 23.3. The summed E-state index contributed by atoms with van der Waals surface area (Å²) >= 11 is 11.8. The van der Waals surface area contributed by atoms with Crippen molar-refractivity contribution in [2.75, 3.05) is 10.2 Å². The molecule has 1 amide bonds. The molecule has 3 atom stereocenters. The van der Waals surface area contributed by atoms with Gasteiger partial charge in [0.2, 0.25) is 5.91 Å². The van der Waals surface area contributed by atoms with E-state index in [0.29, 0.717) is 15.8 Å². The Hall–Kier alpha value is -3.09. The molecule has 0 radical (unpaired) electrons. The summed E-state index contributed by atoms with van der Waals surface area (Å²) in [5.74, 6) is -0.00406. The van der Waals surface area contributed by atoms with Gasteiger partial charge in [0.05, 0.1) is 6.04 Å². The van der Waals surface area contributed by atoms with Crippen LogP contribution >= 0.6 is 23.8 Å². The maximum atomic E-state index is 13.8. The molecule has 168 valence electrons. The topological polar surface area (TPSA) is 53.6 Å². The number of nitrogens with zero attached hydrogens (tertiary/aromatic N) is 1. The summed E-state index contributed by atoms with van der Waals surface area (Å²) in [5.41, 5.74) is 3.61. The lowest BCUT2D eigenvalue weighted by Crippen LogP contribution is -2.72. The minimum absolute atomic E-state index is 0.162. The molecule has 0 aliphatic carbocycles. The number of nitrogens with one attached hydrogen (secondary N) is 2. The summed E-state index contributed by atoms with van der Waals surface area (Å²) in [6.07, 6.45) is 0. The largest absolute Gasteiger partial charge is 0.467 e. The van der Waals surface area contributed by atoms with Gasteiger partial charge in [0.15, 0.2) is 10.8 Å². The number of halogens is 1. The molecule has 2 aliphatic rings. The molecule has 3 aromatic rings. The Morgan fingerprint density at radius 1 is 1.09 bits per heavy atom. The molecule has 0 aromatic heterocycles. The van der Waals surface area contributed by atoms with Crippen molar-refractivity contribution in [1.82, 2.24) is 5.32 Å². The molecular weight excluding hydrogens is 454 g/mol. The van der Waals surface area contributed by atoms with Crippen molar-refractivity contribution in [3.63, 3.8) is 0 Å². The molecule has 0 spiro atoms. The van der Waals surface area contributed by atoms with E-state index in [2.05, 4.69) is 16.7 Å². The molecule has 0 saturated carbocycles. The first-order valence-electron chi connectivity index (χ1n) is 10.8. The van der Waals surface area contributed by atoms with E-state index >= 15 is 0 Å². The van der Waals surface area contributed by atoms with Gasteiger partial charge in [-0.2, -0.15) is 0 Å². The molecule has 5 rings (SSSR count). The van der Waals surface area contributed by atoms with Gasteiger partial charge in [-0.3, -0.25) is 9.69 Å². The smallest absolute Gasteiger partial charge is 0.236 e. The zero-order valence-corrected chi connectivity index (χ0v) is 20.1. The third kappa shape index (κ3) is 3.73. The van der Waals surface area contributed by atoms with Crippen LogP contribution in [0.25, 0.3) is 0 Å². The van der Waals surface area contributed by atoms with Crippen molar-refractivity contribution in [2.24, 2.45) is 5.92 Å². The van der Waals surface area contributed by atoms with Gasteiger partial charge in [-0.15, -0.1) is 0 Å². The molecule has 2 bridgehead atoms. The number of thiocarbonyl (C=S) groups is 1. The van der Waals surface area contributed by atoms with E-state index in [4.69, 9.17) is 28.6 Å². The highest BCUT2D eigenvalue weighted by Crippen LogP contribution is 2.50. The van der Waals surface area contributed by atoms with Crippen molar-refractivity contribution in [1.29, 1.82) is 0 Å². The van der Waals surface area contributed by atoms with Crippen LogP contribution in [-0.4, -0.2) is 16.7 Å². The zero-order chi connectivity index (χ0) is 23.3. The maximum Gasteiger partial charge on any atom is 0.236 e. The predicted octanol–water partition coefficient (Wildman–Crippen LogP) is 5.76. The average Bonchev–Trinajstić information content (AvgIpc) is 2.75. The second kappa shape index (κ2) is 8.04. The van der Waals surface area contributed by atoms with Crippen LogP contribution < -0.4 is 20.3 Å². The Morgan fingerprint density at radius 2 is 1.82 bits per heavy atom. The average molecular weight is 478 g/mol. The highest BCUT2D eigenvalue weighted by Gasteiger charge is 2.59. The van der Waals surface area contributed by atoms with Crippen molar-refractivity contribution in [3.05, 3.63) is 88.4 Å². The van der Waals surface area contributed by atoms with E-state index < -0.39 is 11.6 Å². The van der Waals surface area contributed by atoms with Gasteiger partial charge in [0.25, 0.3) is 0 Å². The molecule has 2 heterocycles. The third-order valence-corrected chi connectivity index (χ3v) is 6.86. The van der Waals surface area contributed by atoms with E-state index in [1.165, 1.54) is 0 Å². The zero-order valence-electron chi connectivity index (χ0n) is 18.6. The van der Waals surface area contributed by atoms with Crippen molar-refractivity contribution < 1.29 is 9.53 Å². The van der Waals surface area contributed by atoms with E-state index in [9.17, 15) is 4.79 Å². The molecule has 0 unspecified atom stereocenters. The fraction of sp³-hybridized carbons (Fsp3) is 0.231. The lowest BCUT2D eigenvalue weighted by atomic mass is 9.78. The highest BCUT2D eigenvalue weighted by atomic mass is 35.5. The SMILES string of the molecule is Cc1cccc(N2C(=S)N[C@H]3c4cc(C)ccc4O[C@@]2(C)[C@H]3C(=O)Nc2ccc(Cl)cc2)c1. The monoisotopic (exact) mass is 477 g/mol. The molecule has 1 saturated heterocycles.